The summed E-state index contributed by atoms with van der Waals surface area (Å²) in [6.45, 7) is 1.01. The minimum atomic E-state index is -0.999. The molecule has 1 N–H and O–H groups in total. The van der Waals surface area contributed by atoms with Gasteiger partial charge in [0.2, 0.25) is 5.39 Å². The number of non-ortho nitro benzene ring substituents is 1. The van der Waals surface area contributed by atoms with Crippen molar-refractivity contribution >= 4 is 11.7 Å². The molecule has 0 unspecified atom stereocenters. The fraction of sp³-hybridized carbons (Fsp3) is 0.182. The van der Waals surface area contributed by atoms with Gasteiger partial charge in [0, 0.05) is 19.1 Å². The van der Waals surface area contributed by atoms with E-state index >= 15 is 0 Å². The number of carbonyl (C=O) groups is 1. The molecule has 1 aromatic carbocycles. The minimum absolute atomic E-state index is 0.0766. The lowest BCUT2D eigenvalue weighted by atomic mass is 10.2. The van der Waals surface area contributed by atoms with Crippen LogP contribution in [-0.4, -0.2) is 16.0 Å². The average molecular weight is 264 g/mol. The Morgan fingerprint density at radius 2 is 2.05 bits per heavy atom. The number of aliphatic hydroxyl groups is 1. The lowest BCUT2D eigenvalue weighted by Crippen LogP contribution is -2.07. The van der Waals surface area contributed by atoms with Gasteiger partial charge in [0.25, 0.3) is 5.69 Å². The van der Waals surface area contributed by atoms with E-state index in [1.807, 2.05) is 0 Å². The zero-order valence-electron chi connectivity index (χ0n) is 9.94. The van der Waals surface area contributed by atoms with Crippen LogP contribution in [0.3, 0.4) is 0 Å². The maximum atomic E-state index is 11.4. The summed E-state index contributed by atoms with van der Waals surface area (Å²) in [4.78, 5) is 23.8. The summed E-state index contributed by atoms with van der Waals surface area (Å²) in [5.74, 6) is -1.47. The molecule has 8 nitrogen and oxygen atoms in total. The summed E-state index contributed by atoms with van der Waals surface area (Å²) in [5.41, 5.74) is -0.152. The zero-order chi connectivity index (χ0) is 14.4. The summed E-state index contributed by atoms with van der Waals surface area (Å²) >= 11 is 0. The van der Waals surface area contributed by atoms with Gasteiger partial charge < -0.3 is 9.84 Å². The molecule has 8 heteroatoms. The molecule has 0 spiro atoms. The molecule has 0 saturated heterocycles. The van der Waals surface area contributed by atoms with Crippen LogP contribution in [0.5, 0.6) is 0 Å². The van der Waals surface area contributed by atoms with Crippen molar-refractivity contribution in [2.75, 3.05) is 0 Å². The molecule has 0 fully saturated rings. The first-order chi connectivity index (χ1) is 8.95. The number of nitro benzene ring substituents is 1. The maximum Gasteiger partial charge on any atom is 0.504 e. The van der Waals surface area contributed by atoms with Gasteiger partial charge in [0.1, 0.15) is 6.61 Å². The Bertz CT molecular complexity index is 567. The number of nitro groups is 1. The second-order valence-electron chi connectivity index (χ2n) is 3.53. The summed E-state index contributed by atoms with van der Waals surface area (Å²) in [6.07, 6.45) is 0. The summed E-state index contributed by atoms with van der Waals surface area (Å²) in [5, 5.41) is 27.9. The SMILES string of the molecule is C/C(O)=C(\[N+]#N)C(=O)OCc1ccc([N+](=O)[O-])cc1. The van der Waals surface area contributed by atoms with E-state index in [2.05, 4.69) is 4.98 Å². The molecule has 0 aromatic heterocycles. The average Bonchev–Trinajstić information content (AvgIpc) is 2.37. The molecule has 0 aliphatic rings. The number of rotatable bonds is 4. The Hall–Kier alpha value is -2.95. The van der Waals surface area contributed by atoms with Gasteiger partial charge in [-0.1, -0.05) is 0 Å². The molecule has 0 amide bonds. The van der Waals surface area contributed by atoms with Crippen molar-refractivity contribution < 1.29 is 19.6 Å². The summed E-state index contributed by atoms with van der Waals surface area (Å²) in [6, 6.07) is 5.40. The molecule has 0 aliphatic heterocycles. The Balaban J connectivity index is 2.68. The largest absolute Gasteiger partial charge is 0.505 e. The van der Waals surface area contributed by atoms with Gasteiger partial charge in [-0.3, -0.25) is 10.1 Å². The molecular formula is C11H10N3O5+. The number of carbonyl (C=O) groups excluding carboxylic acids is 1. The Kier molecular flexibility index (Phi) is 4.54. The highest BCUT2D eigenvalue weighted by Gasteiger charge is 2.28. The molecule has 19 heavy (non-hydrogen) atoms. The van der Waals surface area contributed by atoms with Crippen LogP contribution in [0.15, 0.2) is 35.7 Å². The number of nitrogens with zero attached hydrogens (tertiary/aromatic N) is 3. The third-order valence-electron chi connectivity index (χ3n) is 2.15. The van der Waals surface area contributed by atoms with Crippen LogP contribution in [0.4, 0.5) is 5.69 Å². The predicted molar refractivity (Wildman–Crippen MR) is 63.3 cm³/mol. The summed E-state index contributed by atoms with van der Waals surface area (Å²) in [7, 11) is 0. The van der Waals surface area contributed by atoms with Crippen LogP contribution in [0, 0.1) is 15.5 Å². The smallest absolute Gasteiger partial charge is 0.504 e. The van der Waals surface area contributed by atoms with Crippen LogP contribution in [0.1, 0.15) is 12.5 Å². The number of esters is 1. The number of ether oxygens (including phenoxy) is 1. The predicted octanol–water partition coefficient (Wildman–Crippen LogP) is 2.28. The normalized spacial score (nSPS) is 11.2. The molecule has 0 bridgehead atoms. The van der Waals surface area contributed by atoms with Crippen molar-refractivity contribution in [2.45, 2.75) is 13.5 Å². The van der Waals surface area contributed by atoms with E-state index in [0.29, 0.717) is 5.56 Å². The number of hydrogen-bond donors (Lipinski definition) is 1. The highest BCUT2D eigenvalue weighted by molar-refractivity contribution is 5.90. The topological polar surface area (TPSA) is 118 Å². The standard InChI is InChI=1S/C11H9N3O5/c1-7(15)10(13-12)11(16)19-6-8-2-4-9(5-3-8)14(17)18/h2-5H,6H2,1H3/p+1. The minimum Gasteiger partial charge on any atom is -0.505 e. The number of benzene rings is 1. The van der Waals surface area contributed by atoms with E-state index in [1.165, 1.54) is 31.2 Å². The highest BCUT2D eigenvalue weighted by atomic mass is 16.6. The van der Waals surface area contributed by atoms with Crippen molar-refractivity contribution in [3.8, 4) is 0 Å². The van der Waals surface area contributed by atoms with E-state index in [1.54, 1.807) is 0 Å². The summed E-state index contributed by atoms with van der Waals surface area (Å²) < 4.78 is 4.76. The molecule has 0 aliphatic carbocycles. The van der Waals surface area contributed by atoms with Gasteiger partial charge >= 0.3 is 11.7 Å². The fourth-order valence-electron chi connectivity index (χ4n) is 1.19. The zero-order valence-corrected chi connectivity index (χ0v) is 9.94. The third-order valence-corrected chi connectivity index (χ3v) is 2.15. The number of hydrogen-bond acceptors (Lipinski definition) is 6. The maximum absolute atomic E-state index is 11.4. The van der Waals surface area contributed by atoms with Crippen LogP contribution in [0.2, 0.25) is 0 Å². The Labute approximate surface area is 107 Å². The van der Waals surface area contributed by atoms with E-state index in [4.69, 9.17) is 15.2 Å². The first kappa shape index (κ1) is 14.1. The lowest BCUT2D eigenvalue weighted by molar-refractivity contribution is -0.384. The fourth-order valence-corrected chi connectivity index (χ4v) is 1.19. The first-order valence-electron chi connectivity index (χ1n) is 5.11. The van der Waals surface area contributed by atoms with E-state index in [-0.39, 0.29) is 12.3 Å². The van der Waals surface area contributed by atoms with Gasteiger partial charge in [-0.2, -0.15) is 0 Å². The number of diazo groups is 1. The van der Waals surface area contributed by atoms with Crippen molar-refractivity contribution in [3.63, 3.8) is 0 Å². The second kappa shape index (κ2) is 6.11. The number of allylic oxidation sites excluding steroid dienone is 1. The molecule has 1 aromatic rings. The molecule has 98 valence electrons. The molecule has 0 atom stereocenters. The van der Waals surface area contributed by atoms with Crippen molar-refractivity contribution in [3.05, 3.63) is 56.4 Å². The Morgan fingerprint density at radius 3 is 2.47 bits per heavy atom. The molecule has 1 rings (SSSR count). The van der Waals surface area contributed by atoms with Crippen molar-refractivity contribution in [1.29, 1.82) is 5.39 Å². The van der Waals surface area contributed by atoms with Gasteiger partial charge in [-0.15, -0.1) is 0 Å². The monoisotopic (exact) mass is 264 g/mol. The highest BCUT2D eigenvalue weighted by Crippen LogP contribution is 2.13. The molecule has 0 radical (unpaired) electrons. The van der Waals surface area contributed by atoms with Crippen LogP contribution < -0.4 is 0 Å². The van der Waals surface area contributed by atoms with E-state index in [9.17, 15) is 14.9 Å². The van der Waals surface area contributed by atoms with E-state index < -0.39 is 22.3 Å². The lowest BCUT2D eigenvalue weighted by Gasteiger charge is -2.00. The van der Waals surface area contributed by atoms with Crippen molar-refractivity contribution in [2.24, 2.45) is 0 Å². The van der Waals surface area contributed by atoms with Gasteiger partial charge in [-0.25, -0.2) is 4.79 Å². The second-order valence-corrected chi connectivity index (χ2v) is 3.53. The Morgan fingerprint density at radius 1 is 1.47 bits per heavy atom. The van der Waals surface area contributed by atoms with Gasteiger partial charge in [0.05, 0.1) is 4.92 Å². The molecule has 0 heterocycles. The first-order valence-corrected chi connectivity index (χ1v) is 5.11. The number of aliphatic hydroxyl groups excluding tert-OH is 1. The quantitative estimate of drug-likeness (QED) is 0.222. The molecule has 0 saturated carbocycles. The molecular weight excluding hydrogens is 254 g/mol. The van der Waals surface area contributed by atoms with E-state index in [0.717, 1.165) is 0 Å². The van der Waals surface area contributed by atoms with Crippen molar-refractivity contribution in [1.82, 2.24) is 0 Å². The van der Waals surface area contributed by atoms with Crippen LogP contribution in [-0.2, 0) is 16.1 Å². The van der Waals surface area contributed by atoms with Crippen LogP contribution in [0.25, 0.3) is 4.98 Å². The van der Waals surface area contributed by atoms with Gasteiger partial charge in [-0.05, 0) is 17.7 Å². The van der Waals surface area contributed by atoms with Gasteiger partial charge in [0.15, 0.2) is 10.7 Å². The van der Waals surface area contributed by atoms with Crippen LogP contribution >= 0.6 is 0 Å². The third kappa shape index (κ3) is 3.78.